The molecule has 0 saturated carbocycles. The lowest BCUT2D eigenvalue weighted by Gasteiger charge is -2.16. The summed E-state index contributed by atoms with van der Waals surface area (Å²) in [4.78, 5) is 11.7. The van der Waals surface area contributed by atoms with Crippen molar-refractivity contribution < 1.29 is 19.0 Å². The normalized spacial score (nSPS) is 11.9. The van der Waals surface area contributed by atoms with Gasteiger partial charge in [0.15, 0.2) is 0 Å². The average Bonchev–Trinajstić information content (AvgIpc) is 2.29. The fraction of sp³-hybridized carbons (Fsp3) is 0.462. The zero-order chi connectivity index (χ0) is 13.5. The van der Waals surface area contributed by atoms with Gasteiger partial charge in [0.25, 0.3) is 0 Å². The van der Waals surface area contributed by atoms with Crippen molar-refractivity contribution in [2.75, 3.05) is 26.1 Å². The van der Waals surface area contributed by atoms with Gasteiger partial charge in [-0.15, -0.1) is 0 Å². The maximum atomic E-state index is 11.7. The summed E-state index contributed by atoms with van der Waals surface area (Å²) < 4.78 is 15.6. The van der Waals surface area contributed by atoms with Crippen LogP contribution < -0.4 is 10.5 Å². The van der Waals surface area contributed by atoms with Gasteiger partial charge in [-0.3, -0.25) is 0 Å². The molecular weight excluding hydrogens is 234 g/mol. The fourth-order valence-electron chi connectivity index (χ4n) is 1.50. The summed E-state index contributed by atoms with van der Waals surface area (Å²) in [6.45, 7) is 4.35. The Morgan fingerprint density at radius 3 is 2.78 bits per heavy atom. The van der Waals surface area contributed by atoms with Crippen LogP contribution in [0.25, 0.3) is 0 Å². The Balaban J connectivity index is 2.92. The maximum absolute atomic E-state index is 11.7. The molecule has 0 radical (unpaired) electrons. The van der Waals surface area contributed by atoms with Gasteiger partial charge in [0.05, 0.1) is 13.2 Å². The molecule has 0 aromatic heterocycles. The summed E-state index contributed by atoms with van der Waals surface area (Å²) in [6.07, 6.45) is -0.176. The molecule has 5 heteroatoms. The highest BCUT2D eigenvalue weighted by Crippen LogP contribution is 2.24. The van der Waals surface area contributed by atoms with Crippen molar-refractivity contribution in [1.82, 2.24) is 0 Å². The second-order valence-electron chi connectivity index (χ2n) is 3.86. The van der Waals surface area contributed by atoms with E-state index in [-0.39, 0.29) is 6.10 Å². The van der Waals surface area contributed by atoms with Gasteiger partial charge in [-0.25, -0.2) is 4.79 Å². The minimum atomic E-state index is -0.419. The highest BCUT2D eigenvalue weighted by molar-refractivity contribution is 5.93. The number of carbonyl (C=O) groups excluding carboxylic acids is 1. The molecule has 0 aliphatic heterocycles. The van der Waals surface area contributed by atoms with E-state index in [1.54, 1.807) is 32.2 Å². The Bertz CT molecular complexity index is 406. The molecule has 0 saturated heterocycles. The molecule has 0 amide bonds. The van der Waals surface area contributed by atoms with E-state index in [4.69, 9.17) is 19.9 Å². The topological polar surface area (TPSA) is 70.8 Å². The average molecular weight is 253 g/mol. The molecule has 0 aliphatic carbocycles. The number of hydrogen-bond donors (Lipinski definition) is 1. The van der Waals surface area contributed by atoms with Crippen LogP contribution in [0.4, 0.5) is 5.69 Å². The molecule has 0 heterocycles. The monoisotopic (exact) mass is 253 g/mol. The van der Waals surface area contributed by atoms with Crippen molar-refractivity contribution >= 4 is 11.7 Å². The zero-order valence-electron chi connectivity index (χ0n) is 10.9. The van der Waals surface area contributed by atoms with E-state index in [1.807, 2.05) is 6.92 Å². The highest BCUT2D eigenvalue weighted by atomic mass is 16.5. The molecule has 0 spiro atoms. The molecule has 0 aliphatic rings. The van der Waals surface area contributed by atoms with Crippen LogP contribution in [0.1, 0.15) is 24.2 Å². The number of methoxy groups -OCH3 is 1. The minimum absolute atomic E-state index is 0.176. The van der Waals surface area contributed by atoms with Gasteiger partial charge in [-0.1, -0.05) is 0 Å². The number of nitrogens with two attached hydrogens (primary N) is 1. The Kier molecular flexibility index (Phi) is 5.45. The van der Waals surface area contributed by atoms with Crippen LogP contribution in [0, 0.1) is 0 Å². The number of esters is 1. The summed E-state index contributed by atoms with van der Waals surface area (Å²) in [5.74, 6) is -0.00452. The Morgan fingerprint density at radius 1 is 1.44 bits per heavy atom. The number of anilines is 1. The van der Waals surface area contributed by atoms with Crippen LogP contribution in [0.5, 0.6) is 5.75 Å². The number of nitrogen functional groups attached to an aromatic ring is 1. The van der Waals surface area contributed by atoms with Crippen LogP contribution in [0.15, 0.2) is 18.2 Å². The van der Waals surface area contributed by atoms with E-state index in [0.29, 0.717) is 30.2 Å². The molecule has 1 unspecified atom stereocenters. The number of ether oxygens (including phenoxy) is 3. The molecule has 1 atom stereocenters. The van der Waals surface area contributed by atoms with Gasteiger partial charge in [0.2, 0.25) is 0 Å². The lowest BCUT2D eigenvalue weighted by atomic mass is 10.2. The van der Waals surface area contributed by atoms with Crippen LogP contribution in [-0.4, -0.2) is 32.4 Å². The van der Waals surface area contributed by atoms with Gasteiger partial charge in [-0.2, -0.15) is 0 Å². The SMILES string of the molecule is CCOC(=O)c1ccc(N)cc1OC(C)COC. The molecule has 5 nitrogen and oxygen atoms in total. The first kappa shape index (κ1) is 14.3. The lowest BCUT2D eigenvalue weighted by molar-refractivity contribution is 0.0511. The van der Waals surface area contributed by atoms with Crippen LogP contribution in [0.3, 0.4) is 0 Å². The molecule has 18 heavy (non-hydrogen) atoms. The van der Waals surface area contributed by atoms with Crippen molar-refractivity contribution in [2.24, 2.45) is 0 Å². The van der Waals surface area contributed by atoms with Crippen molar-refractivity contribution in [3.8, 4) is 5.75 Å². The van der Waals surface area contributed by atoms with Gasteiger partial charge in [-0.05, 0) is 26.0 Å². The first-order valence-corrected chi connectivity index (χ1v) is 5.80. The van der Waals surface area contributed by atoms with Gasteiger partial charge < -0.3 is 19.9 Å². The van der Waals surface area contributed by atoms with E-state index in [0.717, 1.165) is 0 Å². The summed E-state index contributed by atoms with van der Waals surface area (Å²) >= 11 is 0. The van der Waals surface area contributed by atoms with Gasteiger partial charge >= 0.3 is 5.97 Å². The number of rotatable bonds is 6. The van der Waals surface area contributed by atoms with Crippen molar-refractivity contribution in [3.63, 3.8) is 0 Å². The largest absolute Gasteiger partial charge is 0.487 e. The number of hydrogen-bond acceptors (Lipinski definition) is 5. The number of benzene rings is 1. The molecule has 1 aromatic carbocycles. The van der Waals surface area contributed by atoms with E-state index in [2.05, 4.69) is 0 Å². The van der Waals surface area contributed by atoms with E-state index >= 15 is 0 Å². The quantitative estimate of drug-likeness (QED) is 0.619. The Morgan fingerprint density at radius 2 is 2.17 bits per heavy atom. The van der Waals surface area contributed by atoms with Gasteiger partial charge in [0.1, 0.15) is 17.4 Å². The molecule has 1 aromatic rings. The third-order valence-corrected chi connectivity index (χ3v) is 2.23. The third-order valence-electron chi connectivity index (χ3n) is 2.23. The standard InChI is InChI=1S/C13H19NO4/c1-4-17-13(15)11-6-5-10(14)7-12(11)18-9(2)8-16-3/h5-7,9H,4,8,14H2,1-3H3. The molecule has 100 valence electrons. The first-order chi connectivity index (χ1) is 8.58. The minimum Gasteiger partial charge on any atom is -0.487 e. The van der Waals surface area contributed by atoms with Crippen LogP contribution >= 0.6 is 0 Å². The summed E-state index contributed by atoms with van der Waals surface area (Å²) in [7, 11) is 1.59. The van der Waals surface area contributed by atoms with E-state index in [9.17, 15) is 4.79 Å². The fourth-order valence-corrected chi connectivity index (χ4v) is 1.50. The van der Waals surface area contributed by atoms with Gasteiger partial charge in [0, 0.05) is 18.9 Å². The third kappa shape index (κ3) is 3.92. The zero-order valence-corrected chi connectivity index (χ0v) is 10.9. The maximum Gasteiger partial charge on any atom is 0.341 e. The Hall–Kier alpha value is -1.75. The molecule has 1 rings (SSSR count). The second-order valence-corrected chi connectivity index (χ2v) is 3.86. The van der Waals surface area contributed by atoms with E-state index in [1.165, 1.54) is 0 Å². The highest BCUT2D eigenvalue weighted by Gasteiger charge is 2.16. The summed E-state index contributed by atoms with van der Waals surface area (Å²) in [6, 6.07) is 4.85. The van der Waals surface area contributed by atoms with E-state index < -0.39 is 5.97 Å². The predicted octanol–water partition coefficient (Wildman–Crippen LogP) is 1.86. The summed E-state index contributed by atoms with van der Waals surface area (Å²) in [5, 5.41) is 0. The van der Waals surface area contributed by atoms with Crippen LogP contribution in [0.2, 0.25) is 0 Å². The second kappa shape index (κ2) is 6.86. The smallest absolute Gasteiger partial charge is 0.341 e. The molecule has 2 N–H and O–H groups in total. The number of carbonyl (C=O) groups is 1. The molecular formula is C13H19NO4. The van der Waals surface area contributed by atoms with Crippen molar-refractivity contribution in [1.29, 1.82) is 0 Å². The molecule has 0 bridgehead atoms. The lowest BCUT2D eigenvalue weighted by Crippen LogP contribution is -2.20. The summed E-state index contributed by atoms with van der Waals surface area (Å²) in [5.41, 5.74) is 6.59. The Labute approximate surface area is 107 Å². The van der Waals surface area contributed by atoms with Crippen molar-refractivity contribution in [3.05, 3.63) is 23.8 Å². The first-order valence-electron chi connectivity index (χ1n) is 5.80. The van der Waals surface area contributed by atoms with Crippen molar-refractivity contribution in [2.45, 2.75) is 20.0 Å². The molecule has 0 fully saturated rings. The predicted molar refractivity (Wildman–Crippen MR) is 68.8 cm³/mol. The van der Waals surface area contributed by atoms with Crippen LogP contribution in [-0.2, 0) is 9.47 Å².